The predicted octanol–water partition coefficient (Wildman–Crippen LogP) is 4.97. The Balaban J connectivity index is 1.39. The molecule has 6 heteroatoms. The van der Waals surface area contributed by atoms with E-state index in [1.807, 2.05) is 54.6 Å². The summed E-state index contributed by atoms with van der Waals surface area (Å²) >= 11 is 0. The Morgan fingerprint density at radius 1 is 1.03 bits per heavy atom. The number of benzene rings is 3. The Hall–Kier alpha value is -3.64. The van der Waals surface area contributed by atoms with Gasteiger partial charge in [0.05, 0.1) is 24.3 Å². The number of nitrogens with one attached hydrogen (secondary N) is 1. The first kappa shape index (κ1) is 22.2. The van der Waals surface area contributed by atoms with Gasteiger partial charge in [-0.05, 0) is 35.7 Å². The number of anilines is 1. The molecule has 2 heterocycles. The molecule has 3 aromatic carbocycles. The van der Waals surface area contributed by atoms with E-state index in [0.717, 1.165) is 60.4 Å². The van der Waals surface area contributed by atoms with Crippen LogP contribution in [0.5, 0.6) is 5.75 Å². The van der Waals surface area contributed by atoms with Gasteiger partial charge >= 0.3 is 0 Å². The zero-order valence-electron chi connectivity index (χ0n) is 19.4. The number of Topliss-reactive ketones (excluding diaryl/α,β-unsaturated/α-hetero) is 1. The zero-order chi connectivity index (χ0) is 23.3. The first-order valence-electron chi connectivity index (χ1n) is 11.8. The lowest BCUT2D eigenvalue weighted by Crippen LogP contribution is -2.36. The smallest absolute Gasteiger partial charge is 0.170 e. The second kappa shape index (κ2) is 10.1. The standard InChI is InChI=1S/C28H29N3O3/c1-2-25-23-17-24(28(18-26(23)30-29-25)34-19-21-6-4-3-5-7-21)27(32)16-20-8-10-22(11-9-20)31-12-14-33-15-13-31/h3-11,17-18H,2,12-16,19H2,1H3,(H,29,30). The summed E-state index contributed by atoms with van der Waals surface area (Å²) in [7, 11) is 0. The summed E-state index contributed by atoms with van der Waals surface area (Å²) in [6, 6.07) is 22.0. The molecule has 1 aliphatic heterocycles. The summed E-state index contributed by atoms with van der Waals surface area (Å²) in [6.45, 7) is 5.76. The van der Waals surface area contributed by atoms with E-state index in [2.05, 4.69) is 34.2 Å². The van der Waals surface area contributed by atoms with Crippen molar-refractivity contribution in [3.63, 3.8) is 0 Å². The molecule has 0 unspecified atom stereocenters. The fourth-order valence-electron chi connectivity index (χ4n) is 4.36. The number of morpholine rings is 1. The van der Waals surface area contributed by atoms with Gasteiger partial charge in [-0.2, -0.15) is 5.10 Å². The summed E-state index contributed by atoms with van der Waals surface area (Å²) in [5.41, 5.74) is 5.63. The Bertz CT molecular complexity index is 1260. The predicted molar refractivity (Wildman–Crippen MR) is 134 cm³/mol. The number of carbonyl (C=O) groups excluding carboxylic acids is 1. The van der Waals surface area contributed by atoms with Crippen molar-refractivity contribution in [2.75, 3.05) is 31.2 Å². The number of H-pyrrole nitrogens is 1. The van der Waals surface area contributed by atoms with E-state index in [1.165, 1.54) is 5.69 Å². The van der Waals surface area contributed by atoms with Crippen LogP contribution in [0.4, 0.5) is 5.69 Å². The third-order valence-corrected chi connectivity index (χ3v) is 6.30. The molecule has 0 amide bonds. The molecular weight excluding hydrogens is 426 g/mol. The van der Waals surface area contributed by atoms with Gasteiger partial charge in [-0.25, -0.2) is 0 Å². The number of ketones is 1. The van der Waals surface area contributed by atoms with E-state index in [4.69, 9.17) is 9.47 Å². The second-order valence-electron chi connectivity index (χ2n) is 8.56. The topological polar surface area (TPSA) is 67.5 Å². The number of nitrogens with zero attached hydrogens (tertiary/aromatic N) is 2. The molecule has 0 aliphatic carbocycles. The third kappa shape index (κ3) is 4.82. The Labute approximate surface area is 199 Å². The van der Waals surface area contributed by atoms with Crippen LogP contribution in [0, 0.1) is 0 Å². The molecule has 1 aliphatic rings. The normalized spacial score (nSPS) is 13.9. The van der Waals surface area contributed by atoms with Crippen molar-refractivity contribution in [2.24, 2.45) is 0 Å². The fourth-order valence-corrected chi connectivity index (χ4v) is 4.36. The number of aromatic nitrogens is 2. The van der Waals surface area contributed by atoms with E-state index < -0.39 is 0 Å². The van der Waals surface area contributed by atoms with Crippen molar-refractivity contribution in [1.82, 2.24) is 10.2 Å². The molecule has 0 atom stereocenters. The molecule has 0 radical (unpaired) electrons. The number of carbonyl (C=O) groups is 1. The molecule has 1 fully saturated rings. The van der Waals surface area contributed by atoms with Gasteiger partial charge in [-0.1, -0.05) is 49.4 Å². The first-order chi connectivity index (χ1) is 16.7. The zero-order valence-corrected chi connectivity index (χ0v) is 19.4. The van der Waals surface area contributed by atoms with Gasteiger partial charge in [-0.15, -0.1) is 0 Å². The highest BCUT2D eigenvalue weighted by atomic mass is 16.5. The van der Waals surface area contributed by atoms with E-state index in [9.17, 15) is 4.79 Å². The summed E-state index contributed by atoms with van der Waals surface area (Å²) in [4.78, 5) is 15.8. The van der Waals surface area contributed by atoms with Crippen molar-refractivity contribution in [3.05, 3.63) is 89.1 Å². The molecule has 34 heavy (non-hydrogen) atoms. The maximum Gasteiger partial charge on any atom is 0.170 e. The van der Waals surface area contributed by atoms with E-state index in [0.29, 0.717) is 24.3 Å². The number of fused-ring (bicyclic) bond motifs is 1. The highest BCUT2D eigenvalue weighted by Gasteiger charge is 2.18. The van der Waals surface area contributed by atoms with Gasteiger partial charge in [0.15, 0.2) is 5.78 Å². The van der Waals surface area contributed by atoms with E-state index in [1.54, 1.807) is 0 Å². The maximum atomic E-state index is 13.5. The van der Waals surface area contributed by atoms with E-state index >= 15 is 0 Å². The van der Waals surface area contributed by atoms with Gasteiger partial charge in [0.1, 0.15) is 12.4 Å². The van der Waals surface area contributed by atoms with Crippen LogP contribution in [-0.2, 0) is 24.2 Å². The fraction of sp³-hybridized carbons (Fsp3) is 0.286. The van der Waals surface area contributed by atoms with Crippen molar-refractivity contribution in [2.45, 2.75) is 26.4 Å². The van der Waals surface area contributed by atoms with Gasteiger partial charge in [0.25, 0.3) is 0 Å². The lowest BCUT2D eigenvalue weighted by atomic mass is 9.99. The molecule has 4 aromatic rings. The molecular formula is C28H29N3O3. The van der Waals surface area contributed by atoms with Crippen LogP contribution in [0.3, 0.4) is 0 Å². The van der Waals surface area contributed by atoms with Gasteiger partial charge in [0, 0.05) is 42.3 Å². The van der Waals surface area contributed by atoms with Crippen LogP contribution < -0.4 is 9.64 Å². The lowest BCUT2D eigenvalue weighted by Gasteiger charge is -2.28. The van der Waals surface area contributed by atoms with Gasteiger partial charge in [-0.3, -0.25) is 9.89 Å². The number of rotatable bonds is 8. The SMILES string of the molecule is CCc1[nH]nc2cc(OCc3ccccc3)c(C(=O)Cc3ccc(N4CCOCC4)cc3)cc12. The molecule has 0 saturated carbocycles. The Morgan fingerprint density at radius 2 is 1.79 bits per heavy atom. The quantitative estimate of drug-likeness (QED) is 0.380. The number of hydrogen-bond donors (Lipinski definition) is 1. The summed E-state index contributed by atoms with van der Waals surface area (Å²) < 4.78 is 11.6. The molecule has 174 valence electrons. The van der Waals surface area contributed by atoms with Crippen molar-refractivity contribution >= 4 is 22.4 Å². The highest BCUT2D eigenvalue weighted by molar-refractivity contribution is 6.03. The second-order valence-corrected chi connectivity index (χ2v) is 8.56. The molecule has 1 saturated heterocycles. The number of aromatic amines is 1. The average molecular weight is 456 g/mol. The van der Waals surface area contributed by atoms with Gasteiger partial charge in [0.2, 0.25) is 0 Å². The molecule has 0 spiro atoms. The van der Waals surface area contributed by atoms with Gasteiger partial charge < -0.3 is 14.4 Å². The monoisotopic (exact) mass is 455 g/mol. The van der Waals surface area contributed by atoms with Crippen LogP contribution in [0.15, 0.2) is 66.7 Å². The van der Waals surface area contributed by atoms with Crippen molar-refractivity contribution < 1.29 is 14.3 Å². The van der Waals surface area contributed by atoms with Crippen molar-refractivity contribution in [3.8, 4) is 5.75 Å². The van der Waals surface area contributed by atoms with E-state index in [-0.39, 0.29) is 5.78 Å². The summed E-state index contributed by atoms with van der Waals surface area (Å²) in [5, 5.41) is 8.47. The van der Waals surface area contributed by atoms with Crippen LogP contribution in [-0.4, -0.2) is 42.3 Å². The average Bonchev–Trinajstić information content (AvgIpc) is 3.30. The first-order valence-corrected chi connectivity index (χ1v) is 11.8. The molecule has 0 bridgehead atoms. The summed E-state index contributed by atoms with van der Waals surface area (Å²) in [6.07, 6.45) is 1.13. The molecule has 6 nitrogen and oxygen atoms in total. The lowest BCUT2D eigenvalue weighted by molar-refractivity contribution is 0.0988. The third-order valence-electron chi connectivity index (χ3n) is 6.30. The number of hydrogen-bond acceptors (Lipinski definition) is 5. The number of aryl methyl sites for hydroxylation is 1. The van der Waals surface area contributed by atoms with Crippen LogP contribution in [0.25, 0.3) is 10.9 Å². The van der Waals surface area contributed by atoms with Crippen LogP contribution in [0.2, 0.25) is 0 Å². The minimum Gasteiger partial charge on any atom is -0.488 e. The Kier molecular flexibility index (Phi) is 6.58. The van der Waals surface area contributed by atoms with Crippen molar-refractivity contribution in [1.29, 1.82) is 0 Å². The maximum absolute atomic E-state index is 13.5. The minimum atomic E-state index is 0.0346. The number of ether oxygens (including phenoxy) is 2. The molecule has 1 N–H and O–H groups in total. The largest absolute Gasteiger partial charge is 0.488 e. The molecule has 5 rings (SSSR count). The molecule has 1 aromatic heterocycles. The minimum absolute atomic E-state index is 0.0346. The summed E-state index contributed by atoms with van der Waals surface area (Å²) in [5.74, 6) is 0.604. The Morgan fingerprint density at radius 3 is 2.53 bits per heavy atom. The highest BCUT2D eigenvalue weighted by Crippen LogP contribution is 2.29. The van der Waals surface area contributed by atoms with Crippen LogP contribution >= 0.6 is 0 Å². The van der Waals surface area contributed by atoms with Crippen LogP contribution in [0.1, 0.15) is 34.1 Å².